The van der Waals surface area contributed by atoms with E-state index in [1.807, 2.05) is 0 Å². The molecular weight excluding hydrogens is 149 g/mol. The van der Waals surface area contributed by atoms with Gasteiger partial charge in [0.05, 0.1) is 0 Å². The number of aliphatic carboxylic acids is 1. The lowest BCUT2D eigenvalue weighted by Crippen LogP contribution is -2.08. The third kappa shape index (κ3) is 3.94. The summed E-state index contributed by atoms with van der Waals surface area (Å²) in [6, 6.07) is 0. The zero-order valence-electron chi connectivity index (χ0n) is 4.80. The first-order valence-electron chi connectivity index (χ1n) is 2.37. The maximum absolute atomic E-state index is 11.8. The molecule has 0 rings (SSSR count). The Morgan fingerprint density at radius 2 is 1.90 bits per heavy atom. The van der Waals surface area contributed by atoms with E-state index < -0.39 is 18.6 Å². The van der Waals surface area contributed by atoms with E-state index in [4.69, 9.17) is 5.11 Å². The van der Waals surface area contributed by atoms with Crippen molar-refractivity contribution in [3.8, 4) is 0 Å². The van der Waals surface area contributed by atoms with Crippen LogP contribution in [0.25, 0.3) is 0 Å². The fraction of sp³-hybridized carbons (Fsp3) is 0.400. The zero-order chi connectivity index (χ0) is 8.15. The highest BCUT2D eigenvalue weighted by molar-refractivity contribution is 5.79. The normalized spacial score (nSPS) is 14.4. The van der Waals surface area contributed by atoms with E-state index in [0.717, 1.165) is 0 Å². The van der Waals surface area contributed by atoms with E-state index in [0.29, 0.717) is 12.2 Å². The second kappa shape index (κ2) is 3.92. The van der Waals surface area contributed by atoms with Crippen LogP contribution in [0.4, 0.5) is 13.2 Å². The Morgan fingerprint density at radius 3 is 2.20 bits per heavy atom. The van der Waals surface area contributed by atoms with Crippen LogP contribution in [-0.2, 0) is 4.79 Å². The van der Waals surface area contributed by atoms with E-state index in [1.165, 1.54) is 0 Å². The number of carboxylic acid groups (broad SMARTS) is 1. The number of carbonyl (C=O) groups is 1. The van der Waals surface area contributed by atoms with Crippen LogP contribution >= 0.6 is 0 Å². The van der Waals surface area contributed by atoms with Crippen molar-refractivity contribution in [2.45, 2.75) is 12.6 Å². The number of hydrogen-bond acceptors (Lipinski definition) is 1. The van der Waals surface area contributed by atoms with Gasteiger partial charge in [0.25, 0.3) is 6.43 Å². The van der Waals surface area contributed by atoms with E-state index in [-0.39, 0.29) is 0 Å². The fourth-order valence-electron chi connectivity index (χ4n) is 0.258. The molecule has 0 aromatic heterocycles. The van der Waals surface area contributed by atoms with Gasteiger partial charge in [-0.2, -0.15) is 0 Å². The second-order valence-corrected chi connectivity index (χ2v) is 1.48. The molecule has 5 heteroatoms. The lowest BCUT2D eigenvalue weighted by Gasteiger charge is -1.96. The minimum atomic E-state index is -3.16. The van der Waals surface area contributed by atoms with E-state index in [2.05, 4.69) is 0 Å². The molecule has 0 amide bonds. The summed E-state index contributed by atoms with van der Waals surface area (Å²) >= 11 is 0. The van der Waals surface area contributed by atoms with Crippen LogP contribution in [0, 0.1) is 0 Å². The standard InChI is InChI=1S/C5H5F3O2/c6-3(5(7)8)1-2-4(9)10/h1-3,5H,(H,9,10). The summed E-state index contributed by atoms with van der Waals surface area (Å²) in [5.74, 6) is -1.44. The van der Waals surface area contributed by atoms with Gasteiger partial charge in [-0.1, -0.05) is 0 Å². The molecule has 0 aliphatic heterocycles. The van der Waals surface area contributed by atoms with Gasteiger partial charge < -0.3 is 5.11 Å². The minimum Gasteiger partial charge on any atom is -0.478 e. The van der Waals surface area contributed by atoms with Crippen LogP contribution in [0.2, 0.25) is 0 Å². The molecule has 1 N–H and O–H groups in total. The van der Waals surface area contributed by atoms with Crippen LogP contribution in [0.15, 0.2) is 12.2 Å². The molecule has 0 saturated heterocycles. The number of halogens is 3. The Bertz CT molecular complexity index is 144. The molecule has 0 radical (unpaired) electrons. The predicted octanol–water partition coefficient (Wildman–Crippen LogP) is 1.23. The largest absolute Gasteiger partial charge is 0.478 e. The Kier molecular flexibility index (Phi) is 3.53. The van der Waals surface area contributed by atoms with Crippen molar-refractivity contribution >= 4 is 5.97 Å². The summed E-state index contributed by atoms with van der Waals surface area (Å²) in [6.45, 7) is 0. The Labute approximate surface area is 55.0 Å². The number of rotatable bonds is 3. The van der Waals surface area contributed by atoms with Crippen LogP contribution in [0.3, 0.4) is 0 Å². The highest BCUT2D eigenvalue weighted by Gasteiger charge is 2.14. The molecule has 10 heavy (non-hydrogen) atoms. The Balaban J connectivity index is 3.77. The van der Waals surface area contributed by atoms with Crippen molar-refractivity contribution in [3.63, 3.8) is 0 Å². The zero-order valence-corrected chi connectivity index (χ0v) is 4.80. The van der Waals surface area contributed by atoms with Crippen LogP contribution < -0.4 is 0 Å². The summed E-state index contributed by atoms with van der Waals surface area (Å²) in [5, 5.41) is 7.85. The highest BCUT2D eigenvalue weighted by atomic mass is 19.3. The molecule has 0 heterocycles. The summed E-state index contributed by atoms with van der Waals surface area (Å²) < 4.78 is 34.3. The van der Waals surface area contributed by atoms with Gasteiger partial charge >= 0.3 is 5.97 Å². The van der Waals surface area contributed by atoms with E-state index in [9.17, 15) is 18.0 Å². The van der Waals surface area contributed by atoms with Gasteiger partial charge in [0.1, 0.15) is 0 Å². The van der Waals surface area contributed by atoms with Gasteiger partial charge in [0.15, 0.2) is 6.17 Å². The van der Waals surface area contributed by atoms with Gasteiger partial charge in [-0.3, -0.25) is 0 Å². The molecule has 2 nitrogen and oxygen atoms in total. The van der Waals surface area contributed by atoms with Crippen LogP contribution in [0.1, 0.15) is 0 Å². The maximum atomic E-state index is 11.8. The second-order valence-electron chi connectivity index (χ2n) is 1.48. The average molecular weight is 154 g/mol. The quantitative estimate of drug-likeness (QED) is 0.620. The summed E-state index contributed by atoms with van der Waals surface area (Å²) in [5.41, 5.74) is 0. The maximum Gasteiger partial charge on any atom is 0.328 e. The first kappa shape index (κ1) is 9.00. The number of allylic oxidation sites excluding steroid dienone is 1. The smallest absolute Gasteiger partial charge is 0.328 e. The predicted molar refractivity (Wildman–Crippen MR) is 27.7 cm³/mol. The molecular formula is C5H5F3O2. The van der Waals surface area contributed by atoms with Crippen molar-refractivity contribution in [1.29, 1.82) is 0 Å². The van der Waals surface area contributed by atoms with Gasteiger partial charge in [-0.25, -0.2) is 18.0 Å². The lowest BCUT2D eigenvalue weighted by molar-refractivity contribution is -0.131. The van der Waals surface area contributed by atoms with Crippen molar-refractivity contribution in [2.24, 2.45) is 0 Å². The van der Waals surface area contributed by atoms with Crippen LogP contribution in [-0.4, -0.2) is 23.7 Å². The molecule has 0 aliphatic rings. The average Bonchev–Trinajstić information content (AvgIpc) is 1.82. The topological polar surface area (TPSA) is 37.3 Å². The molecule has 0 bridgehead atoms. The van der Waals surface area contributed by atoms with Gasteiger partial charge in [-0.15, -0.1) is 0 Å². The van der Waals surface area contributed by atoms with Crippen molar-refractivity contribution in [1.82, 2.24) is 0 Å². The molecule has 0 fully saturated rings. The van der Waals surface area contributed by atoms with Crippen molar-refractivity contribution in [3.05, 3.63) is 12.2 Å². The lowest BCUT2D eigenvalue weighted by atomic mass is 10.3. The van der Waals surface area contributed by atoms with Crippen molar-refractivity contribution in [2.75, 3.05) is 0 Å². The first-order valence-corrected chi connectivity index (χ1v) is 2.37. The van der Waals surface area contributed by atoms with Crippen LogP contribution in [0.5, 0.6) is 0 Å². The summed E-state index contributed by atoms with van der Waals surface area (Å²) in [7, 11) is 0. The SMILES string of the molecule is O=C(O)C=CC(F)C(F)F. The number of alkyl halides is 3. The van der Waals surface area contributed by atoms with E-state index in [1.54, 1.807) is 0 Å². The molecule has 0 aromatic carbocycles. The number of carboxylic acids is 1. The molecule has 0 saturated carbocycles. The highest BCUT2D eigenvalue weighted by Crippen LogP contribution is 2.05. The molecule has 1 unspecified atom stereocenters. The Hall–Kier alpha value is -1.00. The number of hydrogen-bond donors (Lipinski definition) is 1. The monoisotopic (exact) mass is 154 g/mol. The van der Waals surface area contributed by atoms with Gasteiger partial charge in [0.2, 0.25) is 0 Å². The first-order chi connectivity index (χ1) is 4.54. The van der Waals surface area contributed by atoms with Gasteiger partial charge in [0, 0.05) is 6.08 Å². The van der Waals surface area contributed by atoms with Crippen molar-refractivity contribution < 1.29 is 23.1 Å². The fourth-order valence-corrected chi connectivity index (χ4v) is 0.258. The Morgan fingerprint density at radius 1 is 1.40 bits per heavy atom. The van der Waals surface area contributed by atoms with E-state index >= 15 is 0 Å². The molecule has 0 aromatic rings. The molecule has 58 valence electrons. The molecule has 0 aliphatic carbocycles. The minimum absolute atomic E-state index is 0.299. The summed E-state index contributed by atoms with van der Waals surface area (Å²) in [4.78, 5) is 9.63. The molecule has 1 atom stereocenters. The summed E-state index contributed by atoms with van der Waals surface area (Å²) in [6.07, 6.45) is -5.00. The third-order valence-electron chi connectivity index (χ3n) is 0.663. The third-order valence-corrected chi connectivity index (χ3v) is 0.663. The van der Waals surface area contributed by atoms with Gasteiger partial charge in [-0.05, 0) is 6.08 Å². The molecule has 0 spiro atoms.